The molecule has 2 aromatic carbocycles. The second-order valence-electron chi connectivity index (χ2n) is 6.93. The number of aliphatic hydroxyl groups is 1. The maximum absolute atomic E-state index is 13.3. The van der Waals surface area contributed by atoms with Crippen molar-refractivity contribution in [1.82, 2.24) is 4.31 Å². The number of anilines is 2. The summed E-state index contributed by atoms with van der Waals surface area (Å²) in [6, 6.07) is 4.84. The molecule has 4 rings (SSSR count). The van der Waals surface area contributed by atoms with Gasteiger partial charge in [0.1, 0.15) is 4.90 Å². The minimum Gasteiger partial charge on any atom is -0.393 e. The lowest BCUT2D eigenvalue weighted by Gasteiger charge is -2.42. The van der Waals surface area contributed by atoms with Crippen molar-refractivity contribution in [3.63, 3.8) is 0 Å². The predicted octanol–water partition coefficient (Wildman–Crippen LogP) is 2.25. The van der Waals surface area contributed by atoms with Crippen molar-refractivity contribution in [2.75, 3.05) is 17.3 Å². The highest BCUT2D eigenvalue weighted by molar-refractivity contribution is 7.89. The first kappa shape index (κ1) is 19.7. The summed E-state index contributed by atoms with van der Waals surface area (Å²) in [5.41, 5.74) is -0.0542. The molecule has 1 heterocycles. The highest BCUT2D eigenvalue weighted by atomic mass is 32.2. The molecule has 1 fully saturated rings. The van der Waals surface area contributed by atoms with E-state index in [1.54, 1.807) is 0 Å². The lowest BCUT2D eigenvalue weighted by atomic mass is 9.90. The number of hydrogen-bond donors (Lipinski definition) is 3. The van der Waals surface area contributed by atoms with Crippen molar-refractivity contribution in [3.8, 4) is 0 Å². The van der Waals surface area contributed by atoms with Gasteiger partial charge in [-0.3, -0.25) is 4.79 Å². The Kier molecular flexibility index (Phi) is 4.75. The van der Waals surface area contributed by atoms with Gasteiger partial charge >= 0.3 is 0 Å². The van der Waals surface area contributed by atoms with E-state index in [1.165, 1.54) is 16.4 Å². The minimum absolute atomic E-state index is 0.0480. The minimum atomic E-state index is -3.90. The molecule has 0 aromatic heterocycles. The Morgan fingerprint density at radius 1 is 1.14 bits per heavy atom. The molecule has 1 amide bonds. The van der Waals surface area contributed by atoms with E-state index >= 15 is 0 Å². The Balaban J connectivity index is 1.61. The van der Waals surface area contributed by atoms with Crippen molar-refractivity contribution < 1.29 is 31.5 Å². The second kappa shape index (κ2) is 7.01. The SMILES string of the molecule is O=C(Nc1cc(F)c(F)c(F)c1)c1ccc2c(c1)S(=O)(=O)N([C@H]1C[C@@H](O)C1)CN2. The average molecular weight is 427 g/mol. The van der Waals surface area contributed by atoms with Gasteiger partial charge in [-0.1, -0.05) is 0 Å². The van der Waals surface area contributed by atoms with E-state index in [1.807, 2.05) is 0 Å². The summed E-state index contributed by atoms with van der Waals surface area (Å²) >= 11 is 0. The number of halogens is 3. The van der Waals surface area contributed by atoms with Crippen LogP contribution in [0.1, 0.15) is 23.2 Å². The van der Waals surface area contributed by atoms with Crippen LogP contribution < -0.4 is 10.6 Å². The van der Waals surface area contributed by atoms with E-state index in [9.17, 15) is 31.5 Å². The molecule has 2 aromatic rings. The first-order valence-electron chi connectivity index (χ1n) is 8.70. The summed E-state index contributed by atoms with van der Waals surface area (Å²) in [6.07, 6.45) is 0.126. The third kappa shape index (κ3) is 3.45. The summed E-state index contributed by atoms with van der Waals surface area (Å²) < 4.78 is 66.8. The molecule has 11 heteroatoms. The van der Waals surface area contributed by atoms with Gasteiger partial charge in [-0.05, 0) is 31.0 Å². The van der Waals surface area contributed by atoms with Crippen LogP contribution in [0.4, 0.5) is 24.5 Å². The van der Waals surface area contributed by atoms with Crippen molar-refractivity contribution in [1.29, 1.82) is 0 Å². The molecule has 0 radical (unpaired) electrons. The van der Waals surface area contributed by atoms with Crippen LogP contribution in [0.5, 0.6) is 0 Å². The van der Waals surface area contributed by atoms with Gasteiger partial charge in [0.25, 0.3) is 5.91 Å². The molecular formula is C18H16F3N3O4S. The number of benzene rings is 2. The Labute approximate surface area is 164 Å². The van der Waals surface area contributed by atoms with E-state index in [0.717, 1.165) is 6.07 Å². The third-order valence-electron chi connectivity index (χ3n) is 4.99. The molecular weight excluding hydrogens is 411 g/mol. The number of aliphatic hydroxyl groups excluding tert-OH is 1. The van der Waals surface area contributed by atoms with Crippen LogP contribution in [0.15, 0.2) is 35.2 Å². The van der Waals surface area contributed by atoms with Crippen molar-refractivity contribution >= 4 is 27.3 Å². The molecule has 0 spiro atoms. The number of carbonyl (C=O) groups is 1. The fourth-order valence-electron chi connectivity index (χ4n) is 3.35. The summed E-state index contributed by atoms with van der Waals surface area (Å²) in [7, 11) is -3.90. The van der Waals surface area contributed by atoms with E-state index in [-0.39, 0.29) is 28.9 Å². The Morgan fingerprint density at radius 2 is 1.79 bits per heavy atom. The molecule has 0 bridgehead atoms. The van der Waals surface area contributed by atoms with Gasteiger partial charge in [-0.15, -0.1) is 0 Å². The molecule has 1 aliphatic heterocycles. The van der Waals surface area contributed by atoms with Crippen molar-refractivity contribution in [3.05, 3.63) is 53.3 Å². The Bertz CT molecular complexity index is 1080. The summed E-state index contributed by atoms with van der Waals surface area (Å²) in [6.45, 7) is 0.0480. The fourth-order valence-corrected chi connectivity index (χ4v) is 5.09. The zero-order valence-corrected chi connectivity index (χ0v) is 15.6. The van der Waals surface area contributed by atoms with E-state index in [2.05, 4.69) is 10.6 Å². The zero-order chi connectivity index (χ0) is 20.9. The van der Waals surface area contributed by atoms with Crippen LogP contribution in [-0.2, 0) is 10.0 Å². The van der Waals surface area contributed by atoms with Crippen LogP contribution in [0, 0.1) is 17.5 Å². The van der Waals surface area contributed by atoms with E-state index < -0.39 is 39.5 Å². The van der Waals surface area contributed by atoms with Gasteiger partial charge in [-0.25, -0.2) is 21.6 Å². The van der Waals surface area contributed by atoms with Crippen LogP contribution in [0.25, 0.3) is 0 Å². The first-order chi connectivity index (χ1) is 13.7. The molecule has 0 saturated heterocycles. The number of carbonyl (C=O) groups excluding carboxylic acids is 1. The lowest BCUT2D eigenvalue weighted by Crippen LogP contribution is -2.53. The number of nitrogens with zero attached hydrogens (tertiary/aromatic N) is 1. The van der Waals surface area contributed by atoms with Gasteiger partial charge in [0.15, 0.2) is 17.5 Å². The highest BCUT2D eigenvalue weighted by Gasteiger charge is 2.42. The van der Waals surface area contributed by atoms with Gasteiger partial charge < -0.3 is 15.7 Å². The van der Waals surface area contributed by atoms with Crippen LogP contribution in [0.2, 0.25) is 0 Å². The smallest absolute Gasteiger partial charge is 0.255 e. The average Bonchev–Trinajstić information content (AvgIpc) is 2.64. The maximum atomic E-state index is 13.3. The van der Waals surface area contributed by atoms with E-state index in [0.29, 0.717) is 30.7 Å². The van der Waals surface area contributed by atoms with Gasteiger partial charge in [-0.2, -0.15) is 4.31 Å². The van der Waals surface area contributed by atoms with Gasteiger partial charge in [0, 0.05) is 29.4 Å². The van der Waals surface area contributed by atoms with Crippen molar-refractivity contribution in [2.24, 2.45) is 0 Å². The molecule has 0 unspecified atom stereocenters. The molecule has 1 aliphatic carbocycles. The monoisotopic (exact) mass is 427 g/mol. The topological polar surface area (TPSA) is 98.7 Å². The number of nitrogens with one attached hydrogen (secondary N) is 2. The van der Waals surface area contributed by atoms with E-state index in [4.69, 9.17) is 0 Å². The molecule has 0 atom stereocenters. The normalized spacial score (nSPS) is 22.9. The highest BCUT2D eigenvalue weighted by Crippen LogP contribution is 2.36. The quantitative estimate of drug-likeness (QED) is 0.653. The van der Waals surface area contributed by atoms with Gasteiger partial charge in [0.05, 0.1) is 18.5 Å². The Hall–Kier alpha value is -2.63. The molecule has 1 saturated carbocycles. The number of fused-ring (bicyclic) bond motifs is 1. The molecule has 154 valence electrons. The maximum Gasteiger partial charge on any atom is 0.255 e. The molecule has 3 N–H and O–H groups in total. The summed E-state index contributed by atoms with van der Waals surface area (Å²) in [5, 5.41) is 14.6. The number of hydrogen-bond acceptors (Lipinski definition) is 5. The number of amides is 1. The lowest BCUT2D eigenvalue weighted by molar-refractivity contribution is 0.0344. The number of sulfonamides is 1. The first-order valence-corrected chi connectivity index (χ1v) is 10.1. The molecule has 7 nitrogen and oxygen atoms in total. The third-order valence-corrected chi connectivity index (χ3v) is 6.93. The fraction of sp³-hybridized carbons (Fsp3) is 0.278. The van der Waals surface area contributed by atoms with Crippen LogP contribution in [-0.4, -0.2) is 42.6 Å². The summed E-state index contributed by atoms with van der Waals surface area (Å²) in [4.78, 5) is 12.3. The zero-order valence-electron chi connectivity index (χ0n) is 14.8. The largest absolute Gasteiger partial charge is 0.393 e. The Morgan fingerprint density at radius 3 is 2.41 bits per heavy atom. The molecule has 29 heavy (non-hydrogen) atoms. The predicted molar refractivity (Wildman–Crippen MR) is 97.3 cm³/mol. The standard InChI is InChI=1S/C18H16F3N3O4S/c19-13-4-10(5-14(20)17(13)21)23-18(26)9-1-2-15-16(3-9)29(27,28)24(8-22-15)11-6-12(25)7-11/h1-5,11-12,22,25H,6-8H2,(H,23,26)/t11-,12+. The molecule has 2 aliphatic rings. The second-order valence-corrected chi connectivity index (χ2v) is 8.78. The summed E-state index contributed by atoms with van der Waals surface area (Å²) in [5.74, 6) is -5.40. The van der Waals surface area contributed by atoms with Gasteiger partial charge in [0.2, 0.25) is 10.0 Å². The number of rotatable bonds is 3. The van der Waals surface area contributed by atoms with Crippen molar-refractivity contribution in [2.45, 2.75) is 29.9 Å². The van der Waals surface area contributed by atoms with Crippen LogP contribution >= 0.6 is 0 Å². The van der Waals surface area contributed by atoms with Crippen LogP contribution in [0.3, 0.4) is 0 Å².